The highest BCUT2D eigenvalue weighted by molar-refractivity contribution is 5.91. The van der Waals surface area contributed by atoms with Crippen LogP contribution in [0.2, 0.25) is 0 Å². The highest BCUT2D eigenvalue weighted by Crippen LogP contribution is 1.98. The van der Waals surface area contributed by atoms with Gasteiger partial charge < -0.3 is 10.4 Å². The standard InChI is InChI=1S/C10H15N3O2/c1-8(7-14)12-10(15)4-3-9-5-11-13(2)6-9/h3-6,8,14H,7H2,1-2H3,(H,12,15)/b4-3+. The molecule has 1 unspecified atom stereocenters. The Morgan fingerprint density at radius 2 is 2.53 bits per heavy atom. The minimum absolute atomic E-state index is 0.0630. The maximum Gasteiger partial charge on any atom is 0.244 e. The van der Waals surface area contributed by atoms with Crippen LogP contribution in [0.1, 0.15) is 12.5 Å². The van der Waals surface area contributed by atoms with E-state index < -0.39 is 0 Å². The monoisotopic (exact) mass is 209 g/mol. The van der Waals surface area contributed by atoms with Crippen molar-refractivity contribution in [2.24, 2.45) is 7.05 Å². The molecule has 15 heavy (non-hydrogen) atoms. The Hall–Kier alpha value is -1.62. The van der Waals surface area contributed by atoms with Crippen molar-refractivity contribution in [2.45, 2.75) is 13.0 Å². The molecule has 2 N–H and O–H groups in total. The number of aromatic nitrogens is 2. The first-order valence-electron chi connectivity index (χ1n) is 4.70. The van der Waals surface area contributed by atoms with E-state index in [9.17, 15) is 4.79 Å². The van der Waals surface area contributed by atoms with E-state index >= 15 is 0 Å². The van der Waals surface area contributed by atoms with Crippen LogP contribution in [0.5, 0.6) is 0 Å². The first-order chi connectivity index (χ1) is 7.11. The van der Waals surface area contributed by atoms with Crippen LogP contribution < -0.4 is 5.32 Å². The first kappa shape index (κ1) is 11.5. The number of aliphatic hydroxyl groups excluding tert-OH is 1. The number of hydrogen-bond donors (Lipinski definition) is 2. The molecule has 5 heteroatoms. The van der Waals surface area contributed by atoms with E-state index in [1.807, 2.05) is 7.05 Å². The molecular formula is C10H15N3O2. The highest BCUT2D eigenvalue weighted by atomic mass is 16.3. The van der Waals surface area contributed by atoms with E-state index in [1.54, 1.807) is 30.1 Å². The summed E-state index contributed by atoms with van der Waals surface area (Å²) in [5.74, 6) is -0.222. The van der Waals surface area contributed by atoms with Crippen molar-refractivity contribution in [2.75, 3.05) is 6.61 Å². The highest BCUT2D eigenvalue weighted by Gasteiger charge is 2.01. The molecule has 0 fully saturated rings. The minimum Gasteiger partial charge on any atom is -0.394 e. The average Bonchev–Trinajstić information content (AvgIpc) is 2.61. The molecule has 1 aromatic rings. The van der Waals surface area contributed by atoms with Gasteiger partial charge in [0.15, 0.2) is 0 Å². The molecule has 1 atom stereocenters. The topological polar surface area (TPSA) is 67.2 Å². The third kappa shape index (κ3) is 3.95. The molecule has 1 rings (SSSR count). The lowest BCUT2D eigenvalue weighted by atomic mass is 10.3. The summed E-state index contributed by atoms with van der Waals surface area (Å²) in [4.78, 5) is 11.3. The molecular weight excluding hydrogens is 194 g/mol. The first-order valence-corrected chi connectivity index (χ1v) is 4.70. The molecule has 0 saturated heterocycles. The fourth-order valence-electron chi connectivity index (χ4n) is 1.03. The molecule has 0 aliphatic heterocycles. The minimum atomic E-state index is -0.226. The van der Waals surface area contributed by atoms with Crippen molar-refractivity contribution in [3.8, 4) is 0 Å². The Morgan fingerprint density at radius 3 is 3.07 bits per heavy atom. The third-order valence-electron chi connectivity index (χ3n) is 1.81. The molecule has 0 spiro atoms. The molecule has 0 aliphatic carbocycles. The molecule has 0 aromatic carbocycles. The van der Waals surface area contributed by atoms with Crippen molar-refractivity contribution in [3.63, 3.8) is 0 Å². The van der Waals surface area contributed by atoms with Gasteiger partial charge in [-0.25, -0.2) is 0 Å². The van der Waals surface area contributed by atoms with Crippen molar-refractivity contribution in [1.82, 2.24) is 15.1 Å². The van der Waals surface area contributed by atoms with Crippen LogP contribution in [-0.2, 0) is 11.8 Å². The second-order valence-electron chi connectivity index (χ2n) is 3.37. The molecule has 5 nitrogen and oxygen atoms in total. The van der Waals surface area contributed by atoms with Gasteiger partial charge in [0.1, 0.15) is 0 Å². The number of nitrogens with zero attached hydrogens (tertiary/aromatic N) is 2. The zero-order chi connectivity index (χ0) is 11.3. The van der Waals surface area contributed by atoms with Crippen LogP contribution in [0.4, 0.5) is 0 Å². The predicted molar refractivity (Wildman–Crippen MR) is 56.9 cm³/mol. The van der Waals surface area contributed by atoms with Gasteiger partial charge in [-0.05, 0) is 13.0 Å². The fourth-order valence-corrected chi connectivity index (χ4v) is 1.03. The van der Waals surface area contributed by atoms with Gasteiger partial charge in [-0.3, -0.25) is 9.48 Å². The summed E-state index contributed by atoms with van der Waals surface area (Å²) in [5.41, 5.74) is 0.865. The molecule has 0 radical (unpaired) electrons. The number of aliphatic hydroxyl groups is 1. The predicted octanol–water partition coefficient (Wildman–Crippen LogP) is -0.0697. The van der Waals surface area contributed by atoms with Crippen LogP contribution in [0, 0.1) is 0 Å². The van der Waals surface area contributed by atoms with Crippen LogP contribution in [0.25, 0.3) is 6.08 Å². The second kappa shape index (κ2) is 5.31. The molecule has 0 saturated carbocycles. The SMILES string of the molecule is CC(CO)NC(=O)/C=C/c1cnn(C)c1. The molecule has 82 valence electrons. The molecule has 1 aromatic heterocycles. The van der Waals surface area contributed by atoms with E-state index in [-0.39, 0.29) is 18.6 Å². The number of amides is 1. The average molecular weight is 209 g/mol. The summed E-state index contributed by atoms with van der Waals surface area (Å²) in [6.45, 7) is 1.67. The van der Waals surface area contributed by atoms with Gasteiger partial charge in [-0.2, -0.15) is 5.10 Å². The number of carbonyl (C=O) groups excluding carboxylic acids is 1. The summed E-state index contributed by atoms with van der Waals surface area (Å²) >= 11 is 0. The second-order valence-corrected chi connectivity index (χ2v) is 3.37. The number of carbonyl (C=O) groups is 1. The van der Waals surface area contributed by atoms with E-state index in [0.29, 0.717) is 0 Å². The quantitative estimate of drug-likeness (QED) is 0.682. The molecule has 1 amide bonds. The Morgan fingerprint density at radius 1 is 1.80 bits per heavy atom. The largest absolute Gasteiger partial charge is 0.394 e. The van der Waals surface area contributed by atoms with E-state index in [1.165, 1.54) is 6.08 Å². The third-order valence-corrected chi connectivity index (χ3v) is 1.81. The van der Waals surface area contributed by atoms with Crippen molar-refractivity contribution in [3.05, 3.63) is 24.0 Å². The van der Waals surface area contributed by atoms with Crippen LogP contribution >= 0.6 is 0 Å². The summed E-state index contributed by atoms with van der Waals surface area (Å²) in [6, 6.07) is -0.226. The summed E-state index contributed by atoms with van der Waals surface area (Å²) in [6.07, 6.45) is 6.56. The Kier molecular flexibility index (Phi) is 4.05. The smallest absolute Gasteiger partial charge is 0.244 e. The maximum absolute atomic E-state index is 11.3. The summed E-state index contributed by atoms with van der Waals surface area (Å²) in [7, 11) is 1.81. The van der Waals surface area contributed by atoms with Crippen LogP contribution in [-0.4, -0.2) is 33.4 Å². The summed E-state index contributed by atoms with van der Waals surface area (Å²) < 4.78 is 1.66. The van der Waals surface area contributed by atoms with Gasteiger partial charge >= 0.3 is 0 Å². The van der Waals surface area contributed by atoms with Gasteiger partial charge in [0.2, 0.25) is 5.91 Å². The van der Waals surface area contributed by atoms with Gasteiger partial charge in [0, 0.05) is 30.9 Å². The number of aryl methyl sites for hydroxylation is 1. The van der Waals surface area contributed by atoms with Gasteiger partial charge in [-0.1, -0.05) is 0 Å². The van der Waals surface area contributed by atoms with Gasteiger partial charge in [0.05, 0.1) is 12.8 Å². The van der Waals surface area contributed by atoms with E-state index in [2.05, 4.69) is 10.4 Å². The lowest BCUT2D eigenvalue weighted by Crippen LogP contribution is -2.33. The fraction of sp³-hybridized carbons (Fsp3) is 0.400. The zero-order valence-electron chi connectivity index (χ0n) is 8.84. The van der Waals surface area contributed by atoms with E-state index in [4.69, 9.17) is 5.11 Å². The Bertz CT molecular complexity index is 357. The number of hydrogen-bond acceptors (Lipinski definition) is 3. The normalized spacial score (nSPS) is 13.0. The van der Waals surface area contributed by atoms with Crippen LogP contribution in [0.3, 0.4) is 0 Å². The molecule has 1 heterocycles. The molecule has 0 aliphatic rings. The lowest BCUT2D eigenvalue weighted by Gasteiger charge is -2.07. The molecule has 0 bridgehead atoms. The number of rotatable bonds is 4. The Balaban J connectivity index is 2.47. The maximum atomic E-state index is 11.3. The van der Waals surface area contributed by atoms with Crippen molar-refractivity contribution in [1.29, 1.82) is 0 Å². The van der Waals surface area contributed by atoms with Crippen molar-refractivity contribution >= 4 is 12.0 Å². The zero-order valence-corrected chi connectivity index (χ0v) is 8.84. The number of nitrogens with one attached hydrogen (secondary N) is 1. The van der Waals surface area contributed by atoms with Gasteiger partial charge in [0.25, 0.3) is 0 Å². The van der Waals surface area contributed by atoms with Crippen molar-refractivity contribution < 1.29 is 9.90 Å². The summed E-state index contributed by atoms with van der Waals surface area (Å²) in [5, 5.41) is 15.3. The van der Waals surface area contributed by atoms with Gasteiger partial charge in [-0.15, -0.1) is 0 Å². The Labute approximate surface area is 88.4 Å². The van der Waals surface area contributed by atoms with E-state index in [0.717, 1.165) is 5.56 Å². The lowest BCUT2D eigenvalue weighted by molar-refractivity contribution is -0.117. The van der Waals surface area contributed by atoms with Crippen LogP contribution in [0.15, 0.2) is 18.5 Å².